The zero-order chi connectivity index (χ0) is 15.8. The summed E-state index contributed by atoms with van der Waals surface area (Å²) >= 11 is 0. The molecule has 4 nitrogen and oxygen atoms in total. The number of nitrogens with zero attached hydrogens (tertiary/aromatic N) is 2. The van der Waals surface area contributed by atoms with Crippen molar-refractivity contribution in [1.82, 2.24) is 9.80 Å². The highest BCUT2D eigenvalue weighted by Gasteiger charge is 2.21. The molecule has 0 N–H and O–H groups in total. The Morgan fingerprint density at radius 1 is 1.19 bits per heavy atom. The molecule has 0 spiro atoms. The first-order valence-corrected chi connectivity index (χ1v) is 7.68. The predicted molar refractivity (Wildman–Crippen MR) is 85.3 cm³/mol. The van der Waals surface area contributed by atoms with Crippen molar-refractivity contribution in [2.45, 2.75) is 33.6 Å². The molecular formula is C17H26N2O2. The summed E-state index contributed by atoms with van der Waals surface area (Å²) in [6, 6.07) is 7.44. The number of hydrogen-bond acceptors (Lipinski definition) is 2. The first-order chi connectivity index (χ1) is 10.1. The van der Waals surface area contributed by atoms with Crippen molar-refractivity contribution in [2.24, 2.45) is 0 Å². The Kier molecular flexibility index (Phi) is 6.92. The van der Waals surface area contributed by atoms with Gasteiger partial charge in [-0.05, 0) is 31.9 Å². The van der Waals surface area contributed by atoms with E-state index in [1.54, 1.807) is 13.1 Å². The van der Waals surface area contributed by atoms with Crippen LogP contribution >= 0.6 is 0 Å². The molecule has 1 aromatic rings. The number of hydrogen-bond donors (Lipinski definition) is 0. The van der Waals surface area contributed by atoms with Gasteiger partial charge in [-0.2, -0.15) is 0 Å². The maximum absolute atomic E-state index is 12.2. The van der Waals surface area contributed by atoms with Gasteiger partial charge in [-0.1, -0.05) is 31.5 Å². The molecule has 1 heterocycles. The summed E-state index contributed by atoms with van der Waals surface area (Å²) in [6.07, 6.45) is 2.14. The highest BCUT2D eigenvalue weighted by atomic mass is 16.2. The van der Waals surface area contributed by atoms with Crippen LogP contribution in [0.4, 0.5) is 0 Å². The Bertz CT molecular complexity index is 479. The van der Waals surface area contributed by atoms with E-state index in [0.717, 1.165) is 31.5 Å². The minimum atomic E-state index is -0.101. The molecule has 1 fully saturated rings. The highest BCUT2D eigenvalue weighted by molar-refractivity contribution is 5.96. The van der Waals surface area contributed by atoms with E-state index < -0.39 is 0 Å². The quantitative estimate of drug-likeness (QED) is 0.859. The Morgan fingerprint density at radius 3 is 2.38 bits per heavy atom. The molecule has 2 rings (SSSR count). The van der Waals surface area contributed by atoms with Crippen molar-refractivity contribution in [3.8, 4) is 0 Å². The lowest BCUT2D eigenvalue weighted by Crippen LogP contribution is -2.39. The van der Waals surface area contributed by atoms with Gasteiger partial charge >= 0.3 is 0 Å². The molecule has 21 heavy (non-hydrogen) atoms. The van der Waals surface area contributed by atoms with Gasteiger partial charge in [-0.3, -0.25) is 9.59 Å². The first-order valence-electron chi connectivity index (χ1n) is 7.68. The predicted octanol–water partition coefficient (Wildman–Crippen LogP) is 2.72. The molecule has 1 saturated heterocycles. The fraction of sp³-hybridized carbons (Fsp3) is 0.529. The van der Waals surface area contributed by atoms with Crippen molar-refractivity contribution in [3.63, 3.8) is 0 Å². The lowest BCUT2D eigenvalue weighted by Gasteiger charge is -2.21. The molecular weight excluding hydrogens is 264 g/mol. The van der Waals surface area contributed by atoms with Gasteiger partial charge in [-0.25, -0.2) is 0 Å². The van der Waals surface area contributed by atoms with Gasteiger partial charge < -0.3 is 9.80 Å². The van der Waals surface area contributed by atoms with Gasteiger partial charge in [0.15, 0.2) is 0 Å². The number of rotatable bonds is 3. The molecule has 1 aromatic carbocycles. The van der Waals surface area contributed by atoms with Crippen molar-refractivity contribution < 1.29 is 9.59 Å². The van der Waals surface area contributed by atoms with Crippen LogP contribution < -0.4 is 0 Å². The summed E-state index contributed by atoms with van der Waals surface area (Å²) in [5.41, 5.74) is 1.68. The smallest absolute Gasteiger partial charge is 0.254 e. The summed E-state index contributed by atoms with van der Waals surface area (Å²) in [6.45, 7) is 7.76. The van der Waals surface area contributed by atoms with Gasteiger partial charge in [-0.15, -0.1) is 0 Å². The summed E-state index contributed by atoms with van der Waals surface area (Å²) < 4.78 is 0. The van der Waals surface area contributed by atoms with Crippen molar-refractivity contribution in [2.75, 3.05) is 26.7 Å². The Morgan fingerprint density at radius 2 is 1.81 bits per heavy atom. The molecule has 0 unspecified atom stereocenters. The highest BCUT2D eigenvalue weighted by Crippen LogP contribution is 2.10. The number of carbonyl (C=O) groups is 2. The minimum Gasteiger partial charge on any atom is -0.341 e. The molecule has 2 amide bonds. The number of carbonyl (C=O) groups excluding carboxylic acids is 2. The number of benzene rings is 1. The first kappa shape index (κ1) is 17.2. The summed E-state index contributed by atoms with van der Waals surface area (Å²) in [5.74, 6) is -0.0581. The van der Waals surface area contributed by atoms with Crippen LogP contribution in [0.1, 0.15) is 42.6 Å². The number of aryl methyl sites for hydroxylation is 1. The second-order valence-corrected chi connectivity index (χ2v) is 5.12. The van der Waals surface area contributed by atoms with Crippen LogP contribution in [0.5, 0.6) is 0 Å². The third-order valence-corrected chi connectivity index (χ3v) is 3.44. The van der Waals surface area contributed by atoms with Crippen LogP contribution in [-0.2, 0) is 4.79 Å². The molecule has 1 aliphatic rings. The van der Waals surface area contributed by atoms with E-state index in [1.165, 1.54) is 4.90 Å². The van der Waals surface area contributed by atoms with Gasteiger partial charge in [0.2, 0.25) is 5.91 Å². The van der Waals surface area contributed by atoms with Crippen LogP contribution in [0.15, 0.2) is 24.3 Å². The third-order valence-electron chi connectivity index (χ3n) is 3.44. The summed E-state index contributed by atoms with van der Waals surface area (Å²) in [4.78, 5) is 27.5. The third kappa shape index (κ3) is 4.88. The molecule has 0 radical (unpaired) electrons. The monoisotopic (exact) mass is 290 g/mol. The van der Waals surface area contributed by atoms with E-state index in [0.29, 0.717) is 5.56 Å². The molecule has 0 aliphatic carbocycles. The van der Waals surface area contributed by atoms with Gasteiger partial charge in [0, 0.05) is 25.7 Å². The zero-order valence-corrected chi connectivity index (χ0v) is 13.6. The van der Waals surface area contributed by atoms with Crippen LogP contribution in [-0.4, -0.2) is 48.3 Å². The maximum Gasteiger partial charge on any atom is 0.254 e. The average Bonchev–Trinajstić information content (AvgIpc) is 3.03. The molecule has 0 aromatic heterocycles. The Hall–Kier alpha value is -1.84. The summed E-state index contributed by atoms with van der Waals surface area (Å²) in [5, 5.41) is 0. The fourth-order valence-corrected chi connectivity index (χ4v) is 2.34. The van der Waals surface area contributed by atoms with Crippen LogP contribution in [0.25, 0.3) is 0 Å². The molecule has 116 valence electrons. The molecule has 0 saturated carbocycles. The van der Waals surface area contributed by atoms with E-state index in [9.17, 15) is 9.59 Å². The van der Waals surface area contributed by atoms with E-state index in [4.69, 9.17) is 0 Å². The summed E-state index contributed by atoms with van der Waals surface area (Å²) in [7, 11) is 1.68. The van der Waals surface area contributed by atoms with Crippen molar-refractivity contribution in [3.05, 3.63) is 35.4 Å². The lowest BCUT2D eigenvalue weighted by atomic mass is 10.1. The van der Waals surface area contributed by atoms with E-state index in [-0.39, 0.29) is 18.4 Å². The topological polar surface area (TPSA) is 40.6 Å². The number of likely N-dealkylation sites (tertiary alicyclic amines) is 1. The number of amides is 2. The molecule has 0 bridgehead atoms. The molecule has 0 atom stereocenters. The van der Waals surface area contributed by atoms with Crippen LogP contribution in [0.3, 0.4) is 0 Å². The van der Waals surface area contributed by atoms with Crippen LogP contribution in [0, 0.1) is 6.92 Å². The zero-order valence-electron chi connectivity index (χ0n) is 13.6. The van der Waals surface area contributed by atoms with E-state index >= 15 is 0 Å². The second kappa shape index (κ2) is 8.45. The minimum absolute atomic E-state index is 0.0426. The molecule has 1 aliphatic heterocycles. The van der Waals surface area contributed by atoms with Crippen molar-refractivity contribution >= 4 is 11.8 Å². The van der Waals surface area contributed by atoms with Crippen LogP contribution in [0.2, 0.25) is 0 Å². The standard InChI is InChI=1S/C15H20N2O2.C2H6/c1-12-6-5-7-13(10-12)15(19)16(2)11-14(18)17-8-3-4-9-17;1-2/h5-7,10H,3-4,8-9,11H2,1-2H3;1-2H3. The fourth-order valence-electron chi connectivity index (χ4n) is 2.34. The maximum atomic E-state index is 12.2. The molecule has 4 heteroatoms. The Balaban J connectivity index is 0.00000106. The SMILES string of the molecule is CC.Cc1cccc(C(=O)N(C)CC(=O)N2CCCC2)c1. The second-order valence-electron chi connectivity index (χ2n) is 5.12. The van der Waals surface area contributed by atoms with Gasteiger partial charge in [0.05, 0.1) is 6.54 Å². The largest absolute Gasteiger partial charge is 0.341 e. The van der Waals surface area contributed by atoms with Gasteiger partial charge in [0.1, 0.15) is 0 Å². The van der Waals surface area contributed by atoms with Gasteiger partial charge in [0.25, 0.3) is 5.91 Å². The Labute approximate surface area is 127 Å². The number of likely N-dealkylation sites (N-methyl/N-ethyl adjacent to an activating group) is 1. The lowest BCUT2D eigenvalue weighted by molar-refractivity contribution is -0.130. The van der Waals surface area contributed by atoms with E-state index in [1.807, 2.05) is 43.9 Å². The van der Waals surface area contributed by atoms with E-state index in [2.05, 4.69) is 0 Å². The normalized spacial score (nSPS) is 13.4. The van der Waals surface area contributed by atoms with Crippen molar-refractivity contribution in [1.29, 1.82) is 0 Å². The average molecular weight is 290 g/mol.